The quantitative estimate of drug-likeness (QED) is 0.768. The van der Waals surface area contributed by atoms with Gasteiger partial charge in [0, 0.05) is 44.8 Å². The van der Waals surface area contributed by atoms with Crippen LogP contribution in [0.3, 0.4) is 0 Å². The van der Waals surface area contributed by atoms with Gasteiger partial charge in [0.05, 0.1) is 18.5 Å². The average molecular weight is 369 g/mol. The molecule has 1 aliphatic heterocycles. The van der Waals surface area contributed by atoms with E-state index in [0.717, 1.165) is 31.9 Å². The zero-order chi connectivity index (χ0) is 18.4. The van der Waals surface area contributed by atoms with Crippen LogP contribution in [0.15, 0.2) is 24.3 Å². The standard InChI is InChI=1S/C17H28N4O3S/c1-4-17(22)18-9-10-21(25(3,23)24)16-7-5-15(6-8-16)20-13-11-19(2)12-14-20/h5-8H,4,9-14H2,1-3H3,(H,18,22). The van der Waals surface area contributed by atoms with Gasteiger partial charge in [-0.05, 0) is 31.3 Å². The topological polar surface area (TPSA) is 73.0 Å². The van der Waals surface area contributed by atoms with Gasteiger partial charge in [0.2, 0.25) is 15.9 Å². The summed E-state index contributed by atoms with van der Waals surface area (Å²) in [6.45, 7) is 6.26. The van der Waals surface area contributed by atoms with Crippen molar-refractivity contribution in [3.8, 4) is 0 Å². The second-order valence-electron chi connectivity index (χ2n) is 6.35. The summed E-state index contributed by atoms with van der Waals surface area (Å²) in [6.07, 6.45) is 1.57. The first-order chi connectivity index (χ1) is 11.8. The van der Waals surface area contributed by atoms with Crippen LogP contribution in [0.2, 0.25) is 0 Å². The van der Waals surface area contributed by atoms with Crippen LogP contribution in [0.5, 0.6) is 0 Å². The van der Waals surface area contributed by atoms with E-state index >= 15 is 0 Å². The van der Waals surface area contributed by atoms with Gasteiger partial charge in [-0.1, -0.05) is 6.92 Å². The number of anilines is 2. The summed E-state index contributed by atoms with van der Waals surface area (Å²) < 4.78 is 25.5. The Kier molecular flexibility index (Phi) is 6.66. The van der Waals surface area contributed by atoms with Crippen molar-refractivity contribution < 1.29 is 13.2 Å². The fraction of sp³-hybridized carbons (Fsp3) is 0.588. The summed E-state index contributed by atoms with van der Waals surface area (Å²) in [7, 11) is -1.29. The molecule has 1 fully saturated rings. The molecule has 1 aromatic rings. The van der Waals surface area contributed by atoms with E-state index in [-0.39, 0.29) is 12.5 Å². The summed E-state index contributed by atoms with van der Waals surface area (Å²) in [6, 6.07) is 7.58. The molecule has 2 rings (SSSR count). The number of carbonyl (C=O) groups is 1. The fourth-order valence-corrected chi connectivity index (χ4v) is 3.73. The Morgan fingerprint density at radius 3 is 2.28 bits per heavy atom. The van der Waals surface area contributed by atoms with Gasteiger partial charge >= 0.3 is 0 Å². The Labute approximate surface area is 150 Å². The van der Waals surface area contributed by atoms with Crippen molar-refractivity contribution >= 4 is 27.3 Å². The highest BCUT2D eigenvalue weighted by Crippen LogP contribution is 2.23. The minimum Gasteiger partial charge on any atom is -0.369 e. The molecule has 0 aliphatic carbocycles. The van der Waals surface area contributed by atoms with E-state index in [1.165, 1.54) is 10.6 Å². The largest absolute Gasteiger partial charge is 0.369 e. The highest BCUT2D eigenvalue weighted by Gasteiger charge is 2.19. The molecule has 0 spiro atoms. The second kappa shape index (κ2) is 8.53. The molecule has 1 saturated heterocycles. The molecule has 0 saturated carbocycles. The number of hydrogen-bond donors (Lipinski definition) is 1. The van der Waals surface area contributed by atoms with E-state index in [1.807, 2.05) is 24.3 Å². The molecule has 0 aromatic heterocycles. The lowest BCUT2D eigenvalue weighted by molar-refractivity contribution is -0.120. The first kappa shape index (κ1) is 19.5. The summed E-state index contributed by atoms with van der Waals surface area (Å²) in [4.78, 5) is 15.9. The molecule has 8 heteroatoms. The Morgan fingerprint density at radius 1 is 1.16 bits per heavy atom. The van der Waals surface area contributed by atoms with Crippen molar-refractivity contribution in [3.63, 3.8) is 0 Å². The maximum atomic E-state index is 12.1. The molecular formula is C17H28N4O3S. The van der Waals surface area contributed by atoms with Crippen molar-refractivity contribution in [1.29, 1.82) is 0 Å². The Balaban J connectivity index is 2.06. The smallest absolute Gasteiger partial charge is 0.232 e. The average Bonchev–Trinajstić information content (AvgIpc) is 2.58. The maximum absolute atomic E-state index is 12.1. The number of likely N-dealkylation sites (N-methyl/N-ethyl adjacent to an activating group) is 1. The number of sulfonamides is 1. The molecule has 0 bridgehead atoms. The molecule has 0 unspecified atom stereocenters. The predicted octanol–water partition coefficient (Wildman–Crippen LogP) is 0.731. The monoisotopic (exact) mass is 368 g/mol. The van der Waals surface area contributed by atoms with Gasteiger partial charge in [-0.2, -0.15) is 0 Å². The maximum Gasteiger partial charge on any atom is 0.232 e. The molecule has 25 heavy (non-hydrogen) atoms. The first-order valence-corrected chi connectivity index (χ1v) is 10.4. The number of rotatable bonds is 7. The molecule has 1 aromatic carbocycles. The van der Waals surface area contributed by atoms with Crippen molar-refractivity contribution in [3.05, 3.63) is 24.3 Å². The van der Waals surface area contributed by atoms with Crippen molar-refractivity contribution in [2.24, 2.45) is 0 Å². The molecule has 1 aliphatic rings. The highest BCUT2D eigenvalue weighted by atomic mass is 32.2. The first-order valence-electron chi connectivity index (χ1n) is 8.59. The summed E-state index contributed by atoms with van der Waals surface area (Å²) in [5, 5.41) is 2.71. The third-order valence-corrected chi connectivity index (χ3v) is 5.56. The highest BCUT2D eigenvalue weighted by molar-refractivity contribution is 7.92. The molecule has 0 radical (unpaired) electrons. The Morgan fingerprint density at radius 2 is 1.76 bits per heavy atom. The third-order valence-electron chi connectivity index (χ3n) is 4.36. The zero-order valence-corrected chi connectivity index (χ0v) is 16.1. The van der Waals surface area contributed by atoms with Crippen LogP contribution in [0.25, 0.3) is 0 Å². The number of carbonyl (C=O) groups excluding carboxylic acids is 1. The van der Waals surface area contributed by atoms with E-state index in [1.54, 1.807) is 6.92 Å². The lowest BCUT2D eigenvalue weighted by Gasteiger charge is -2.34. The number of hydrogen-bond acceptors (Lipinski definition) is 5. The summed E-state index contributed by atoms with van der Waals surface area (Å²) >= 11 is 0. The third kappa shape index (κ3) is 5.61. The van der Waals surface area contributed by atoms with Crippen LogP contribution >= 0.6 is 0 Å². The number of nitrogens with one attached hydrogen (secondary N) is 1. The lowest BCUT2D eigenvalue weighted by atomic mass is 10.2. The van der Waals surface area contributed by atoms with Crippen LogP contribution in [-0.2, 0) is 14.8 Å². The van der Waals surface area contributed by atoms with Gasteiger partial charge in [0.1, 0.15) is 0 Å². The Hall–Kier alpha value is -1.80. The number of amides is 1. The van der Waals surface area contributed by atoms with E-state index in [4.69, 9.17) is 0 Å². The Bertz CT molecular complexity index is 668. The molecule has 0 atom stereocenters. The zero-order valence-electron chi connectivity index (χ0n) is 15.2. The van der Waals surface area contributed by atoms with Crippen LogP contribution in [0.4, 0.5) is 11.4 Å². The molecule has 1 N–H and O–H groups in total. The van der Waals surface area contributed by atoms with Crippen LogP contribution < -0.4 is 14.5 Å². The van der Waals surface area contributed by atoms with E-state index in [2.05, 4.69) is 22.2 Å². The van der Waals surface area contributed by atoms with Crippen molar-refractivity contribution in [1.82, 2.24) is 10.2 Å². The second-order valence-corrected chi connectivity index (χ2v) is 8.25. The lowest BCUT2D eigenvalue weighted by Crippen LogP contribution is -2.44. The van der Waals surface area contributed by atoms with Gasteiger partial charge in [0.15, 0.2) is 0 Å². The van der Waals surface area contributed by atoms with Gasteiger partial charge in [0.25, 0.3) is 0 Å². The van der Waals surface area contributed by atoms with Crippen molar-refractivity contribution in [2.75, 3.05) is 61.8 Å². The van der Waals surface area contributed by atoms with Gasteiger partial charge in [-0.15, -0.1) is 0 Å². The summed E-state index contributed by atoms with van der Waals surface area (Å²) in [5.74, 6) is -0.0844. The minimum atomic E-state index is -3.41. The molecule has 7 nitrogen and oxygen atoms in total. The minimum absolute atomic E-state index is 0.0844. The fourth-order valence-electron chi connectivity index (χ4n) is 2.80. The normalized spacial score (nSPS) is 15.9. The van der Waals surface area contributed by atoms with E-state index in [9.17, 15) is 13.2 Å². The predicted molar refractivity (Wildman–Crippen MR) is 102 cm³/mol. The number of nitrogens with zero attached hydrogens (tertiary/aromatic N) is 3. The van der Waals surface area contributed by atoms with Gasteiger partial charge in [-0.25, -0.2) is 8.42 Å². The number of piperazine rings is 1. The van der Waals surface area contributed by atoms with Crippen molar-refractivity contribution in [2.45, 2.75) is 13.3 Å². The summed E-state index contributed by atoms with van der Waals surface area (Å²) in [5.41, 5.74) is 1.72. The SMILES string of the molecule is CCC(=O)NCCN(c1ccc(N2CCN(C)CC2)cc1)S(C)(=O)=O. The van der Waals surface area contributed by atoms with Crippen LogP contribution in [-0.4, -0.2) is 71.8 Å². The van der Waals surface area contributed by atoms with Gasteiger partial charge in [-0.3, -0.25) is 9.10 Å². The molecule has 140 valence electrons. The van der Waals surface area contributed by atoms with Crippen LogP contribution in [0, 0.1) is 0 Å². The van der Waals surface area contributed by atoms with E-state index in [0.29, 0.717) is 18.7 Å². The molecule has 1 amide bonds. The molecule has 1 heterocycles. The number of benzene rings is 1. The van der Waals surface area contributed by atoms with Crippen LogP contribution in [0.1, 0.15) is 13.3 Å². The molecular weight excluding hydrogens is 340 g/mol. The van der Waals surface area contributed by atoms with Gasteiger partial charge < -0.3 is 15.1 Å². The van der Waals surface area contributed by atoms with E-state index < -0.39 is 10.0 Å².